The molecule has 0 bridgehead atoms. The standard InChI is InChI=1S/C12H10F3NOS/c1-7-11(18-6-16-7)10(17)8-4-2-3-5-9(8)12(13,14)15/h2-6,10,17H,1H3. The molecule has 0 saturated heterocycles. The zero-order chi connectivity index (χ0) is 13.3. The van der Waals surface area contributed by atoms with Crippen molar-refractivity contribution in [3.8, 4) is 0 Å². The number of aliphatic hydroxyl groups is 1. The maximum atomic E-state index is 12.8. The summed E-state index contributed by atoms with van der Waals surface area (Å²) >= 11 is 1.14. The third kappa shape index (κ3) is 2.39. The van der Waals surface area contributed by atoms with Crippen LogP contribution in [0.2, 0.25) is 0 Å². The van der Waals surface area contributed by atoms with E-state index in [-0.39, 0.29) is 5.56 Å². The lowest BCUT2D eigenvalue weighted by molar-refractivity contribution is -0.139. The SMILES string of the molecule is Cc1ncsc1C(O)c1ccccc1C(F)(F)F. The molecule has 1 heterocycles. The van der Waals surface area contributed by atoms with E-state index >= 15 is 0 Å². The molecule has 1 aromatic carbocycles. The number of hydrogen-bond acceptors (Lipinski definition) is 3. The fourth-order valence-electron chi connectivity index (χ4n) is 1.71. The molecule has 0 amide bonds. The largest absolute Gasteiger partial charge is 0.416 e. The van der Waals surface area contributed by atoms with Crippen LogP contribution in [0.15, 0.2) is 29.8 Å². The summed E-state index contributed by atoms with van der Waals surface area (Å²) in [5, 5.41) is 10.1. The van der Waals surface area contributed by atoms with E-state index < -0.39 is 17.8 Å². The summed E-state index contributed by atoms with van der Waals surface area (Å²) in [6.07, 6.45) is -5.77. The fourth-order valence-corrected chi connectivity index (χ4v) is 2.51. The Labute approximate surface area is 106 Å². The third-order valence-electron chi connectivity index (χ3n) is 2.59. The number of alkyl halides is 3. The molecule has 2 nitrogen and oxygen atoms in total. The van der Waals surface area contributed by atoms with Crippen molar-refractivity contribution in [1.29, 1.82) is 0 Å². The van der Waals surface area contributed by atoms with E-state index in [9.17, 15) is 18.3 Å². The molecule has 0 spiro atoms. The lowest BCUT2D eigenvalue weighted by atomic mass is 10.0. The van der Waals surface area contributed by atoms with Gasteiger partial charge < -0.3 is 5.11 Å². The number of aliphatic hydroxyl groups excluding tert-OH is 1. The average molecular weight is 273 g/mol. The minimum atomic E-state index is -4.48. The summed E-state index contributed by atoms with van der Waals surface area (Å²) in [7, 11) is 0. The first-order valence-corrected chi connectivity index (χ1v) is 6.03. The first-order valence-electron chi connectivity index (χ1n) is 5.15. The number of benzene rings is 1. The third-order valence-corrected chi connectivity index (χ3v) is 3.58. The summed E-state index contributed by atoms with van der Waals surface area (Å²) in [6.45, 7) is 1.66. The monoisotopic (exact) mass is 273 g/mol. The Morgan fingerprint density at radius 3 is 2.50 bits per heavy atom. The highest BCUT2D eigenvalue weighted by atomic mass is 32.1. The molecule has 1 N–H and O–H groups in total. The molecule has 2 aromatic rings. The van der Waals surface area contributed by atoms with Crippen LogP contribution in [0.5, 0.6) is 0 Å². The molecule has 0 aliphatic heterocycles. The minimum absolute atomic E-state index is 0.141. The Kier molecular flexibility index (Phi) is 3.41. The van der Waals surface area contributed by atoms with Gasteiger partial charge in [-0.25, -0.2) is 4.98 Å². The first kappa shape index (κ1) is 13.0. The van der Waals surface area contributed by atoms with Crippen LogP contribution >= 0.6 is 11.3 Å². The quantitative estimate of drug-likeness (QED) is 0.907. The van der Waals surface area contributed by atoms with Gasteiger partial charge in [0.15, 0.2) is 0 Å². The molecule has 0 aliphatic carbocycles. The summed E-state index contributed by atoms with van der Waals surface area (Å²) in [4.78, 5) is 4.37. The first-order chi connectivity index (χ1) is 8.41. The second-order valence-corrected chi connectivity index (χ2v) is 4.68. The number of halogens is 3. The van der Waals surface area contributed by atoms with Crippen LogP contribution in [0.3, 0.4) is 0 Å². The lowest BCUT2D eigenvalue weighted by Gasteiger charge is -2.16. The molecule has 0 saturated carbocycles. The Bertz CT molecular complexity index is 550. The summed E-state index contributed by atoms with van der Waals surface area (Å²) in [6, 6.07) is 5.03. The van der Waals surface area contributed by atoms with Gasteiger partial charge in [-0.15, -0.1) is 11.3 Å². The highest BCUT2D eigenvalue weighted by Gasteiger charge is 2.35. The van der Waals surface area contributed by atoms with Gasteiger partial charge in [0.25, 0.3) is 0 Å². The molecule has 1 aromatic heterocycles. The molecule has 1 unspecified atom stereocenters. The molecule has 96 valence electrons. The van der Waals surface area contributed by atoms with Gasteiger partial charge in [0, 0.05) is 0 Å². The van der Waals surface area contributed by atoms with Crippen molar-refractivity contribution in [2.75, 3.05) is 0 Å². The summed E-state index contributed by atoms with van der Waals surface area (Å²) < 4.78 is 38.5. The smallest absolute Gasteiger partial charge is 0.383 e. The van der Waals surface area contributed by atoms with Crippen LogP contribution in [0.1, 0.15) is 27.8 Å². The summed E-state index contributed by atoms with van der Waals surface area (Å²) in [5.41, 5.74) is 1.09. The van der Waals surface area contributed by atoms with Crippen LogP contribution < -0.4 is 0 Å². The molecule has 0 aliphatic rings. The Balaban J connectivity index is 2.49. The number of rotatable bonds is 2. The van der Waals surface area contributed by atoms with Crippen molar-refractivity contribution in [2.24, 2.45) is 0 Å². The predicted molar refractivity (Wildman–Crippen MR) is 62.4 cm³/mol. The fraction of sp³-hybridized carbons (Fsp3) is 0.250. The van der Waals surface area contributed by atoms with E-state index in [1.54, 1.807) is 6.92 Å². The minimum Gasteiger partial charge on any atom is -0.383 e. The molecular weight excluding hydrogens is 263 g/mol. The second-order valence-electron chi connectivity index (χ2n) is 3.79. The maximum absolute atomic E-state index is 12.8. The lowest BCUT2D eigenvalue weighted by Crippen LogP contribution is -2.12. The van der Waals surface area contributed by atoms with Gasteiger partial charge in [-0.1, -0.05) is 18.2 Å². The van der Waals surface area contributed by atoms with Gasteiger partial charge in [0.2, 0.25) is 0 Å². The van der Waals surface area contributed by atoms with Crippen molar-refractivity contribution >= 4 is 11.3 Å². The number of hydrogen-bond donors (Lipinski definition) is 1. The second kappa shape index (κ2) is 4.70. The summed E-state index contributed by atoms with van der Waals surface area (Å²) in [5.74, 6) is 0. The Morgan fingerprint density at radius 1 is 1.28 bits per heavy atom. The van der Waals surface area contributed by atoms with Crippen LogP contribution in [-0.4, -0.2) is 10.1 Å². The van der Waals surface area contributed by atoms with Crippen molar-refractivity contribution in [3.63, 3.8) is 0 Å². The van der Waals surface area contributed by atoms with Gasteiger partial charge in [0.05, 0.1) is 21.6 Å². The van der Waals surface area contributed by atoms with E-state index in [4.69, 9.17) is 0 Å². The Morgan fingerprint density at radius 2 is 1.94 bits per heavy atom. The van der Waals surface area contributed by atoms with Gasteiger partial charge in [0.1, 0.15) is 6.10 Å². The molecule has 0 radical (unpaired) electrons. The number of aromatic nitrogens is 1. The topological polar surface area (TPSA) is 33.1 Å². The van der Waals surface area contributed by atoms with Gasteiger partial charge >= 0.3 is 6.18 Å². The number of thiazole rings is 1. The maximum Gasteiger partial charge on any atom is 0.416 e. The van der Waals surface area contributed by atoms with Crippen molar-refractivity contribution < 1.29 is 18.3 Å². The zero-order valence-corrected chi connectivity index (χ0v) is 10.2. The molecular formula is C12H10F3NOS. The van der Waals surface area contributed by atoms with Crippen molar-refractivity contribution in [2.45, 2.75) is 19.2 Å². The number of nitrogens with zero attached hydrogens (tertiary/aromatic N) is 1. The predicted octanol–water partition coefficient (Wildman–Crippen LogP) is 3.55. The van der Waals surface area contributed by atoms with Crippen molar-refractivity contribution in [3.05, 3.63) is 51.5 Å². The van der Waals surface area contributed by atoms with Crippen molar-refractivity contribution in [1.82, 2.24) is 4.98 Å². The average Bonchev–Trinajstić information content (AvgIpc) is 2.73. The van der Waals surface area contributed by atoms with E-state index in [1.807, 2.05) is 0 Å². The Hall–Kier alpha value is -1.40. The highest BCUT2D eigenvalue weighted by Crippen LogP contribution is 2.37. The molecule has 6 heteroatoms. The normalized spacial score (nSPS) is 13.6. The van der Waals surface area contributed by atoms with Gasteiger partial charge in [-0.2, -0.15) is 13.2 Å². The molecule has 0 fully saturated rings. The molecule has 18 heavy (non-hydrogen) atoms. The van der Waals surface area contributed by atoms with E-state index in [2.05, 4.69) is 4.98 Å². The highest BCUT2D eigenvalue weighted by molar-refractivity contribution is 7.09. The van der Waals surface area contributed by atoms with E-state index in [1.165, 1.54) is 23.7 Å². The van der Waals surface area contributed by atoms with Crippen LogP contribution in [0.4, 0.5) is 13.2 Å². The van der Waals surface area contributed by atoms with Gasteiger partial charge in [-0.3, -0.25) is 0 Å². The molecule has 1 atom stereocenters. The van der Waals surface area contributed by atoms with E-state index in [0.29, 0.717) is 10.6 Å². The van der Waals surface area contributed by atoms with Crippen LogP contribution in [0.25, 0.3) is 0 Å². The van der Waals surface area contributed by atoms with Crippen LogP contribution in [-0.2, 0) is 6.18 Å². The van der Waals surface area contributed by atoms with Crippen LogP contribution in [0, 0.1) is 6.92 Å². The van der Waals surface area contributed by atoms with E-state index in [0.717, 1.165) is 17.4 Å². The zero-order valence-electron chi connectivity index (χ0n) is 9.40. The number of aryl methyl sites for hydroxylation is 1. The molecule has 2 rings (SSSR count). The van der Waals surface area contributed by atoms with Gasteiger partial charge in [-0.05, 0) is 18.6 Å².